The number of amides is 2. The average molecular weight is 480 g/mol. The molecule has 1 fully saturated rings. The Labute approximate surface area is 195 Å². The molecule has 0 aliphatic carbocycles. The van der Waals surface area contributed by atoms with Crippen molar-refractivity contribution in [1.29, 1.82) is 0 Å². The van der Waals surface area contributed by atoms with Gasteiger partial charge in [-0.3, -0.25) is 4.79 Å². The van der Waals surface area contributed by atoms with E-state index in [0.717, 1.165) is 17.7 Å². The van der Waals surface area contributed by atoms with Crippen LogP contribution in [0.3, 0.4) is 0 Å². The van der Waals surface area contributed by atoms with Crippen molar-refractivity contribution >= 4 is 18.0 Å². The van der Waals surface area contributed by atoms with Crippen LogP contribution in [0.1, 0.15) is 50.8 Å². The molecule has 1 aromatic carbocycles. The number of alkyl halides is 3. The van der Waals surface area contributed by atoms with Crippen LogP contribution in [0, 0.1) is 0 Å². The van der Waals surface area contributed by atoms with Crippen molar-refractivity contribution < 1.29 is 37.0 Å². The zero-order valence-electron chi connectivity index (χ0n) is 19.5. The second-order valence-corrected chi connectivity index (χ2v) is 9.99. The fourth-order valence-corrected chi connectivity index (χ4v) is 4.72. The van der Waals surface area contributed by atoms with Gasteiger partial charge in [-0.15, -0.1) is 0 Å². The molecule has 34 heavy (non-hydrogen) atoms. The number of halogens is 3. The fourth-order valence-electron chi connectivity index (χ4n) is 4.72. The van der Waals surface area contributed by atoms with Crippen molar-refractivity contribution in [1.82, 2.24) is 9.80 Å². The highest BCUT2D eigenvalue weighted by molar-refractivity contribution is 6.07. The summed E-state index contributed by atoms with van der Waals surface area (Å²) in [6, 6.07) is 3.57. The first-order valence-corrected chi connectivity index (χ1v) is 11.1. The Morgan fingerprint density at radius 2 is 1.79 bits per heavy atom. The topological polar surface area (TPSA) is 76.2 Å². The molecule has 4 rings (SSSR count). The zero-order chi connectivity index (χ0) is 25.1. The summed E-state index contributed by atoms with van der Waals surface area (Å²) >= 11 is 0. The van der Waals surface area contributed by atoms with Crippen LogP contribution in [0.2, 0.25) is 0 Å². The number of ether oxygens (including phenoxy) is 2. The summed E-state index contributed by atoms with van der Waals surface area (Å²) < 4.78 is 50.6. The molecule has 1 spiro atoms. The SMILES string of the molecule is CC1=C(C(=O)N2CCc3ccc(C(F)(F)F)cc3C2)C2(CCN(C(=O)OC(C)(C)C)C2)OC1=O. The lowest BCUT2D eigenvalue weighted by Crippen LogP contribution is -2.46. The fraction of sp³-hybridized carbons (Fsp3) is 0.542. The van der Waals surface area contributed by atoms with E-state index in [1.807, 2.05) is 0 Å². The lowest BCUT2D eigenvalue weighted by Gasteiger charge is -2.33. The molecule has 1 atom stereocenters. The minimum absolute atomic E-state index is 0.00504. The summed E-state index contributed by atoms with van der Waals surface area (Å²) in [6.07, 6.45) is -4.41. The van der Waals surface area contributed by atoms with Crippen LogP contribution in [-0.4, -0.2) is 58.6 Å². The molecule has 2 amide bonds. The molecule has 0 radical (unpaired) electrons. The van der Waals surface area contributed by atoms with Gasteiger partial charge in [0.25, 0.3) is 5.91 Å². The normalized spacial score (nSPS) is 22.9. The molecule has 3 heterocycles. The van der Waals surface area contributed by atoms with Crippen molar-refractivity contribution in [3.05, 3.63) is 46.0 Å². The molecule has 3 aliphatic rings. The van der Waals surface area contributed by atoms with Gasteiger partial charge < -0.3 is 19.3 Å². The van der Waals surface area contributed by atoms with Gasteiger partial charge in [0.1, 0.15) is 5.60 Å². The molecule has 10 heteroatoms. The van der Waals surface area contributed by atoms with Gasteiger partial charge in [-0.2, -0.15) is 13.2 Å². The Hall–Kier alpha value is -3.04. The van der Waals surface area contributed by atoms with Gasteiger partial charge in [0.15, 0.2) is 5.60 Å². The van der Waals surface area contributed by atoms with Gasteiger partial charge in [-0.05, 0) is 57.4 Å². The van der Waals surface area contributed by atoms with E-state index >= 15 is 0 Å². The minimum Gasteiger partial charge on any atom is -0.449 e. The van der Waals surface area contributed by atoms with Gasteiger partial charge in [0, 0.05) is 31.6 Å². The first-order chi connectivity index (χ1) is 15.7. The second kappa shape index (κ2) is 8.02. The van der Waals surface area contributed by atoms with Crippen LogP contribution in [0.15, 0.2) is 29.3 Å². The van der Waals surface area contributed by atoms with Gasteiger partial charge in [-0.1, -0.05) is 6.07 Å². The Morgan fingerprint density at radius 1 is 1.09 bits per heavy atom. The summed E-state index contributed by atoms with van der Waals surface area (Å²) in [5.41, 5.74) is -1.26. The molecule has 0 N–H and O–H groups in total. The molecule has 0 aromatic heterocycles. The summed E-state index contributed by atoms with van der Waals surface area (Å²) in [5.74, 6) is -1.09. The maximum Gasteiger partial charge on any atom is 0.416 e. The summed E-state index contributed by atoms with van der Waals surface area (Å²) in [7, 11) is 0. The van der Waals surface area contributed by atoms with Crippen molar-refractivity contribution in [2.24, 2.45) is 0 Å². The number of hydrogen-bond acceptors (Lipinski definition) is 5. The maximum atomic E-state index is 13.6. The Balaban J connectivity index is 1.58. The van der Waals surface area contributed by atoms with E-state index in [1.54, 1.807) is 20.8 Å². The van der Waals surface area contributed by atoms with Gasteiger partial charge in [0.2, 0.25) is 0 Å². The van der Waals surface area contributed by atoms with Gasteiger partial charge in [0.05, 0.1) is 17.7 Å². The van der Waals surface area contributed by atoms with Crippen molar-refractivity contribution in [2.45, 2.75) is 64.5 Å². The smallest absolute Gasteiger partial charge is 0.416 e. The maximum absolute atomic E-state index is 13.6. The van der Waals surface area contributed by atoms with Crippen LogP contribution in [0.5, 0.6) is 0 Å². The van der Waals surface area contributed by atoms with Crippen molar-refractivity contribution in [3.8, 4) is 0 Å². The minimum atomic E-state index is -4.48. The molecule has 1 unspecified atom stereocenters. The molecular formula is C24H27F3N2O5. The van der Waals surface area contributed by atoms with Crippen LogP contribution in [-0.2, 0) is 38.2 Å². The standard InChI is InChI=1S/C24H27F3N2O5/c1-14-18(23(33-20(14)31)8-10-29(13-23)21(32)34-22(2,3)4)19(30)28-9-7-15-5-6-17(24(25,26)27)11-16(15)12-28/h5-6,11H,7-10,12-13H2,1-4H3. The number of likely N-dealkylation sites (tertiary alicyclic amines) is 1. The lowest BCUT2D eigenvalue weighted by molar-refractivity contribution is -0.147. The highest BCUT2D eigenvalue weighted by atomic mass is 19.4. The summed E-state index contributed by atoms with van der Waals surface area (Å²) in [4.78, 5) is 41.5. The second-order valence-electron chi connectivity index (χ2n) is 9.99. The quantitative estimate of drug-likeness (QED) is 0.571. The number of fused-ring (bicyclic) bond motifs is 1. The monoisotopic (exact) mass is 480 g/mol. The molecule has 0 saturated carbocycles. The predicted octanol–water partition coefficient (Wildman–Crippen LogP) is 3.84. The third-order valence-electron chi connectivity index (χ3n) is 6.36. The molecule has 1 aromatic rings. The highest BCUT2D eigenvalue weighted by Gasteiger charge is 2.55. The molecule has 184 valence electrons. The summed E-state index contributed by atoms with van der Waals surface area (Å²) in [5, 5.41) is 0. The molecule has 1 saturated heterocycles. The van der Waals surface area contributed by atoms with Crippen LogP contribution < -0.4 is 0 Å². The Bertz CT molecular complexity index is 1090. The van der Waals surface area contributed by atoms with E-state index in [-0.39, 0.29) is 37.2 Å². The van der Waals surface area contributed by atoms with E-state index < -0.39 is 40.9 Å². The van der Waals surface area contributed by atoms with Crippen LogP contribution in [0.4, 0.5) is 18.0 Å². The third kappa shape index (κ3) is 4.37. The number of carbonyl (C=O) groups excluding carboxylic acids is 3. The molecule has 3 aliphatic heterocycles. The number of nitrogens with zero attached hydrogens (tertiary/aromatic N) is 2. The van der Waals surface area contributed by atoms with Crippen LogP contribution in [0.25, 0.3) is 0 Å². The molecule has 7 nitrogen and oxygen atoms in total. The van der Waals surface area contributed by atoms with E-state index in [9.17, 15) is 27.6 Å². The third-order valence-corrected chi connectivity index (χ3v) is 6.36. The zero-order valence-corrected chi connectivity index (χ0v) is 19.5. The van der Waals surface area contributed by atoms with E-state index in [1.165, 1.54) is 22.8 Å². The number of esters is 1. The van der Waals surface area contributed by atoms with Crippen molar-refractivity contribution in [3.63, 3.8) is 0 Å². The lowest BCUT2D eigenvalue weighted by atomic mass is 9.89. The van der Waals surface area contributed by atoms with E-state index in [4.69, 9.17) is 9.47 Å². The number of rotatable bonds is 1. The van der Waals surface area contributed by atoms with E-state index in [2.05, 4.69) is 0 Å². The Kier molecular flexibility index (Phi) is 5.69. The average Bonchev–Trinajstić information content (AvgIpc) is 3.25. The molecule has 0 bridgehead atoms. The highest BCUT2D eigenvalue weighted by Crippen LogP contribution is 2.42. The largest absolute Gasteiger partial charge is 0.449 e. The van der Waals surface area contributed by atoms with Gasteiger partial charge in [-0.25, -0.2) is 9.59 Å². The summed E-state index contributed by atoms with van der Waals surface area (Å²) in [6.45, 7) is 7.24. The van der Waals surface area contributed by atoms with E-state index in [0.29, 0.717) is 18.5 Å². The number of hydrogen-bond donors (Lipinski definition) is 0. The molecular weight excluding hydrogens is 453 g/mol. The number of benzene rings is 1. The first-order valence-electron chi connectivity index (χ1n) is 11.1. The van der Waals surface area contributed by atoms with Crippen molar-refractivity contribution in [2.75, 3.05) is 19.6 Å². The first kappa shape index (κ1) is 24.1. The number of carbonyl (C=O) groups is 3. The van der Waals surface area contributed by atoms with Crippen LogP contribution >= 0.6 is 0 Å². The predicted molar refractivity (Wildman–Crippen MR) is 115 cm³/mol. The van der Waals surface area contributed by atoms with Gasteiger partial charge >= 0.3 is 18.2 Å². The Morgan fingerprint density at radius 3 is 2.44 bits per heavy atom.